The van der Waals surface area contributed by atoms with Crippen molar-refractivity contribution in [2.24, 2.45) is 0 Å². The van der Waals surface area contributed by atoms with Gasteiger partial charge in [-0.25, -0.2) is 0 Å². The van der Waals surface area contributed by atoms with Gasteiger partial charge in [0.15, 0.2) is 0 Å². The Morgan fingerprint density at radius 3 is 3.00 bits per heavy atom. The zero-order valence-corrected chi connectivity index (χ0v) is 8.38. The Kier molecular flexibility index (Phi) is 2.81. The third-order valence-electron chi connectivity index (χ3n) is 1.86. The molecule has 74 valence electrons. The van der Waals surface area contributed by atoms with E-state index in [1.54, 1.807) is 17.6 Å². The Morgan fingerprint density at radius 2 is 2.36 bits per heavy atom. The summed E-state index contributed by atoms with van der Waals surface area (Å²) in [5.74, 6) is 0. The molecule has 0 amide bonds. The highest BCUT2D eigenvalue weighted by atomic mass is 32.1. The minimum atomic E-state index is 0.702. The highest BCUT2D eigenvalue weighted by Gasteiger charge is 2.00. The van der Waals surface area contributed by atoms with Crippen molar-refractivity contribution in [2.45, 2.75) is 13.1 Å². The largest absolute Gasteiger partial charge is 0.398 e. The number of nitrogen functional groups attached to an aromatic ring is 1. The summed E-state index contributed by atoms with van der Waals surface area (Å²) >= 11 is 1.66. The minimum absolute atomic E-state index is 0.702. The number of nitrogens with two attached hydrogens (primary N) is 1. The fourth-order valence-electron chi connectivity index (χ4n) is 1.13. The highest BCUT2D eigenvalue weighted by Crippen LogP contribution is 2.18. The van der Waals surface area contributed by atoms with Crippen molar-refractivity contribution < 1.29 is 4.52 Å². The summed E-state index contributed by atoms with van der Waals surface area (Å²) < 4.78 is 4.71. The fraction of sp³-hybridized carbons (Fsp3) is 0.222. The standard InChI is InChI=1S/C9H11N3OS/c10-8-2-4-14-9(8)6-11-5-7-1-3-13-12-7/h1-4,11H,5-6,10H2. The first kappa shape index (κ1) is 9.23. The van der Waals surface area contributed by atoms with Crippen LogP contribution in [0.5, 0.6) is 0 Å². The van der Waals surface area contributed by atoms with E-state index in [0.717, 1.165) is 22.8 Å². The Hall–Kier alpha value is -1.33. The Bertz CT molecular complexity index is 382. The van der Waals surface area contributed by atoms with Gasteiger partial charge in [-0.15, -0.1) is 11.3 Å². The molecule has 4 nitrogen and oxygen atoms in total. The van der Waals surface area contributed by atoms with Gasteiger partial charge in [-0.3, -0.25) is 0 Å². The van der Waals surface area contributed by atoms with Crippen LogP contribution in [0.1, 0.15) is 10.6 Å². The van der Waals surface area contributed by atoms with Gasteiger partial charge >= 0.3 is 0 Å². The molecule has 14 heavy (non-hydrogen) atoms. The van der Waals surface area contributed by atoms with Crippen LogP contribution in [0.25, 0.3) is 0 Å². The van der Waals surface area contributed by atoms with Gasteiger partial charge in [-0.1, -0.05) is 5.16 Å². The number of thiophene rings is 1. The third-order valence-corrected chi connectivity index (χ3v) is 2.80. The van der Waals surface area contributed by atoms with E-state index in [9.17, 15) is 0 Å². The third kappa shape index (κ3) is 2.12. The van der Waals surface area contributed by atoms with Crippen LogP contribution in [0, 0.1) is 0 Å². The van der Waals surface area contributed by atoms with E-state index in [-0.39, 0.29) is 0 Å². The number of nitrogens with zero attached hydrogens (tertiary/aromatic N) is 1. The maximum Gasteiger partial charge on any atom is 0.124 e. The second-order valence-electron chi connectivity index (χ2n) is 2.89. The van der Waals surface area contributed by atoms with Crippen LogP contribution in [0.2, 0.25) is 0 Å². The van der Waals surface area contributed by atoms with Crippen molar-refractivity contribution in [3.63, 3.8) is 0 Å². The molecular formula is C9H11N3OS. The van der Waals surface area contributed by atoms with Gasteiger partial charge in [0, 0.05) is 29.7 Å². The normalized spacial score (nSPS) is 10.6. The predicted molar refractivity (Wildman–Crippen MR) is 55.8 cm³/mol. The zero-order chi connectivity index (χ0) is 9.80. The Labute approximate surface area is 85.7 Å². The highest BCUT2D eigenvalue weighted by molar-refractivity contribution is 7.10. The molecule has 0 aliphatic heterocycles. The van der Waals surface area contributed by atoms with Gasteiger partial charge in [0.25, 0.3) is 0 Å². The van der Waals surface area contributed by atoms with Crippen molar-refractivity contribution in [1.29, 1.82) is 0 Å². The first-order valence-corrected chi connectivity index (χ1v) is 5.16. The van der Waals surface area contributed by atoms with Crippen molar-refractivity contribution in [2.75, 3.05) is 5.73 Å². The monoisotopic (exact) mass is 209 g/mol. The van der Waals surface area contributed by atoms with Crippen LogP contribution in [0.15, 0.2) is 28.3 Å². The molecule has 0 aromatic carbocycles. The molecule has 0 saturated carbocycles. The lowest BCUT2D eigenvalue weighted by atomic mass is 10.4. The number of aromatic nitrogens is 1. The van der Waals surface area contributed by atoms with E-state index in [1.165, 1.54) is 0 Å². The van der Waals surface area contributed by atoms with Crippen molar-refractivity contribution >= 4 is 17.0 Å². The second kappa shape index (κ2) is 4.26. The van der Waals surface area contributed by atoms with Crippen LogP contribution >= 0.6 is 11.3 Å². The van der Waals surface area contributed by atoms with Gasteiger partial charge in [-0.2, -0.15) is 0 Å². The average Bonchev–Trinajstić information content (AvgIpc) is 2.78. The Balaban J connectivity index is 1.81. The van der Waals surface area contributed by atoms with Crippen LogP contribution in [0.3, 0.4) is 0 Å². The number of hydrogen-bond acceptors (Lipinski definition) is 5. The van der Waals surface area contributed by atoms with Crippen LogP contribution < -0.4 is 11.1 Å². The quantitative estimate of drug-likeness (QED) is 0.803. The van der Waals surface area contributed by atoms with Crippen LogP contribution in [-0.4, -0.2) is 5.16 Å². The maximum absolute atomic E-state index is 5.74. The summed E-state index contributed by atoms with van der Waals surface area (Å²) in [6, 6.07) is 3.75. The molecule has 2 rings (SSSR count). The first-order valence-electron chi connectivity index (χ1n) is 4.28. The van der Waals surface area contributed by atoms with Gasteiger partial charge in [0.05, 0.1) is 5.69 Å². The Morgan fingerprint density at radius 1 is 1.43 bits per heavy atom. The number of rotatable bonds is 4. The molecule has 5 heteroatoms. The van der Waals surface area contributed by atoms with Crippen molar-refractivity contribution in [3.8, 4) is 0 Å². The molecule has 0 aliphatic rings. The smallest absolute Gasteiger partial charge is 0.124 e. The summed E-state index contributed by atoms with van der Waals surface area (Å²) in [6.07, 6.45) is 1.57. The molecular weight excluding hydrogens is 198 g/mol. The lowest BCUT2D eigenvalue weighted by Crippen LogP contribution is -2.12. The van der Waals surface area contributed by atoms with Gasteiger partial charge < -0.3 is 15.6 Å². The summed E-state index contributed by atoms with van der Waals surface area (Å²) in [5.41, 5.74) is 7.49. The van der Waals surface area contributed by atoms with Crippen molar-refractivity contribution in [3.05, 3.63) is 34.3 Å². The molecule has 0 spiro atoms. The van der Waals surface area contributed by atoms with Gasteiger partial charge in [0.1, 0.15) is 6.26 Å². The van der Waals surface area contributed by atoms with Gasteiger partial charge in [-0.05, 0) is 11.4 Å². The van der Waals surface area contributed by atoms with Crippen LogP contribution in [-0.2, 0) is 13.1 Å². The molecule has 0 aliphatic carbocycles. The number of nitrogens with one attached hydrogen (secondary N) is 1. The molecule has 0 saturated heterocycles. The van der Waals surface area contributed by atoms with Gasteiger partial charge in [0.2, 0.25) is 0 Å². The van der Waals surface area contributed by atoms with E-state index in [1.807, 2.05) is 17.5 Å². The summed E-state index contributed by atoms with van der Waals surface area (Å²) in [5, 5.41) is 9.02. The minimum Gasteiger partial charge on any atom is -0.398 e. The van der Waals surface area contributed by atoms with E-state index in [0.29, 0.717) is 6.54 Å². The average molecular weight is 209 g/mol. The summed E-state index contributed by atoms with van der Waals surface area (Å²) in [4.78, 5) is 1.16. The molecule has 2 heterocycles. The van der Waals surface area contributed by atoms with Crippen LogP contribution in [0.4, 0.5) is 5.69 Å². The molecule has 0 unspecified atom stereocenters. The predicted octanol–water partition coefficient (Wildman–Crippen LogP) is 1.61. The van der Waals surface area contributed by atoms with E-state index in [2.05, 4.69) is 10.5 Å². The summed E-state index contributed by atoms with van der Waals surface area (Å²) in [7, 11) is 0. The molecule has 0 bridgehead atoms. The lowest BCUT2D eigenvalue weighted by Gasteiger charge is -2.00. The second-order valence-corrected chi connectivity index (χ2v) is 3.89. The lowest BCUT2D eigenvalue weighted by molar-refractivity contribution is 0.408. The molecule has 2 aromatic heterocycles. The fourth-order valence-corrected chi connectivity index (χ4v) is 1.90. The molecule has 2 aromatic rings. The summed E-state index contributed by atoms with van der Waals surface area (Å²) in [6.45, 7) is 1.48. The van der Waals surface area contributed by atoms with E-state index in [4.69, 9.17) is 10.3 Å². The SMILES string of the molecule is Nc1ccsc1CNCc1ccon1. The van der Waals surface area contributed by atoms with E-state index >= 15 is 0 Å². The maximum atomic E-state index is 5.74. The molecule has 0 atom stereocenters. The number of hydrogen-bond donors (Lipinski definition) is 2. The topological polar surface area (TPSA) is 64.1 Å². The molecule has 0 fully saturated rings. The van der Waals surface area contributed by atoms with E-state index < -0.39 is 0 Å². The van der Waals surface area contributed by atoms with Crippen molar-refractivity contribution in [1.82, 2.24) is 10.5 Å². The first-order chi connectivity index (χ1) is 6.86. The molecule has 0 radical (unpaired) electrons. The zero-order valence-electron chi connectivity index (χ0n) is 7.56. The molecule has 3 N–H and O–H groups in total. The number of anilines is 1.